The molecule has 0 radical (unpaired) electrons. The molecule has 21 heavy (non-hydrogen) atoms. The predicted octanol–water partition coefficient (Wildman–Crippen LogP) is 4.10. The minimum Gasteiger partial charge on any atom is -0.340 e. The van der Waals surface area contributed by atoms with E-state index in [-0.39, 0.29) is 5.91 Å². The molecule has 0 saturated carbocycles. The highest BCUT2D eigenvalue weighted by Gasteiger charge is 2.12. The zero-order valence-electron chi connectivity index (χ0n) is 12.0. The lowest BCUT2D eigenvalue weighted by molar-refractivity contribution is -0.129. The van der Waals surface area contributed by atoms with E-state index in [1.165, 1.54) is 10.3 Å². The van der Waals surface area contributed by atoms with Gasteiger partial charge in [-0.25, -0.2) is 0 Å². The molecular weight excluding hydrogens is 278 g/mol. The van der Waals surface area contributed by atoms with Crippen LogP contribution in [0.2, 0.25) is 0 Å². The second-order valence-electron chi connectivity index (χ2n) is 5.14. The van der Waals surface area contributed by atoms with Gasteiger partial charge in [-0.05, 0) is 27.8 Å². The SMILES string of the molecule is CN(Cc1cccs1)C(=O)Cc1cccc2ccccc12. The number of carbonyl (C=O) groups excluding carboxylic acids is 1. The molecule has 1 heterocycles. The van der Waals surface area contributed by atoms with Crippen molar-refractivity contribution in [2.45, 2.75) is 13.0 Å². The second-order valence-corrected chi connectivity index (χ2v) is 6.18. The molecule has 2 nitrogen and oxygen atoms in total. The van der Waals surface area contributed by atoms with E-state index in [9.17, 15) is 4.79 Å². The van der Waals surface area contributed by atoms with E-state index in [1.807, 2.05) is 42.8 Å². The third kappa shape index (κ3) is 3.14. The lowest BCUT2D eigenvalue weighted by Crippen LogP contribution is -2.27. The largest absolute Gasteiger partial charge is 0.340 e. The Bertz CT molecular complexity index is 744. The van der Waals surface area contributed by atoms with Crippen LogP contribution in [-0.4, -0.2) is 17.9 Å². The van der Waals surface area contributed by atoms with Gasteiger partial charge in [0, 0.05) is 11.9 Å². The fraction of sp³-hybridized carbons (Fsp3) is 0.167. The van der Waals surface area contributed by atoms with Gasteiger partial charge in [-0.2, -0.15) is 0 Å². The van der Waals surface area contributed by atoms with Gasteiger partial charge in [0.1, 0.15) is 0 Å². The lowest BCUT2D eigenvalue weighted by atomic mass is 10.0. The third-order valence-electron chi connectivity index (χ3n) is 3.62. The molecule has 0 spiro atoms. The van der Waals surface area contributed by atoms with Crippen molar-refractivity contribution in [3.63, 3.8) is 0 Å². The fourth-order valence-corrected chi connectivity index (χ4v) is 3.23. The maximum atomic E-state index is 12.4. The lowest BCUT2D eigenvalue weighted by Gasteiger charge is -2.17. The number of rotatable bonds is 4. The van der Waals surface area contributed by atoms with Crippen molar-refractivity contribution in [3.05, 3.63) is 70.4 Å². The Morgan fingerprint density at radius 3 is 2.67 bits per heavy atom. The van der Waals surface area contributed by atoms with Crippen molar-refractivity contribution >= 4 is 28.0 Å². The van der Waals surface area contributed by atoms with Crippen molar-refractivity contribution in [3.8, 4) is 0 Å². The van der Waals surface area contributed by atoms with E-state index in [0.717, 1.165) is 10.9 Å². The standard InChI is InChI=1S/C18H17NOS/c1-19(13-16-9-5-11-21-16)18(20)12-15-8-4-7-14-6-2-3-10-17(14)15/h2-11H,12-13H2,1H3. The molecule has 0 unspecified atom stereocenters. The number of nitrogens with zero attached hydrogens (tertiary/aromatic N) is 1. The maximum Gasteiger partial charge on any atom is 0.227 e. The first kappa shape index (κ1) is 13.8. The summed E-state index contributed by atoms with van der Waals surface area (Å²) in [5, 5.41) is 4.39. The van der Waals surface area contributed by atoms with E-state index < -0.39 is 0 Å². The molecule has 1 amide bonds. The summed E-state index contributed by atoms with van der Waals surface area (Å²) >= 11 is 1.68. The van der Waals surface area contributed by atoms with Crippen LogP contribution in [0.4, 0.5) is 0 Å². The van der Waals surface area contributed by atoms with Crippen LogP contribution < -0.4 is 0 Å². The summed E-state index contributed by atoms with van der Waals surface area (Å²) in [5.41, 5.74) is 1.09. The predicted molar refractivity (Wildman–Crippen MR) is 88.4 cm³/mol. The average molecular weight is 295 g/mol. The molecule has 106 valence electrons. The van der Waals surface area contributed by atoms with Crippen LogP contribution in [0, 0.1) is 0 Å². The number of likely N-dealkylation sites (N-methyl/N-ethyl adjacent to an activating group) is 1. The molecule has 3 aromatic rings. The summed E-state index contributed by atoms with van der Waals surface area (Å²) in [4.78, 5) is 15.4. The van der Waals surface area contributed by atoms with Crippen molar-refractivity contribution in [2.75, 3.05) is 7.05 Å². The average Bonchev–Trinajstić information content (AvgIpc) is 3.00. The number of amides is 1. The van der Waals surface area contributed by atoms with Gasteiger partial charge in [-0.3, -0.25) is 4.79 Å². The summed E-state index contributed by atoms with van der Waals surface area (Å²) in [5.74, 6) is 0.153. The summed E-state index contributed by atoms with van der Waals surface area (Å²) in [6, 6.07) is 18.4. The zero-order valence-corrected chi connectivity index (χ0v) is 12.8. The summed E-state index contributed by atoms with van der Waals surface area (Å²) in [6.07, 6.45) is 0.448. The Balaban J connectivity index is 1.77. The fourth-order valence-electron chi connectivity index (χ4n) is 2.47. The Kier molecular flexibility index (Phi) is 4.02. The van der Waals surface area contributed by atoms with Crippen LogP contribution in [0.25, 0.3) is 10.8 Å². The molecule has 0 saturated heterocycles. The molecule has 0 bridgehead atoms. The molecule has 1 aromatic heterocycles. The van der Waals surface area contributed by atoms with E-state index >= 15 is 0 Å². The Morgan fingerprint density at radius 2 is 1.86 bits per heavy atom. The van der Waals surface area contributed by atoms with Crippen molar-refractivity contribution in [1.82, 2.24) is 4.90 Å². The number of thiophene rings is 1. The van der Waals surface area contributed by atoms with Gasteiger partial charge in [0.25, 0.3) is 0 Å². The first-order valence-corrected chi connectivity index (χ1v) is 7.85. The number of hydrogen-bond acceptors (Lipinski definition) is 2. The first-order valence-electron chi connectivity index (χ1n) is 6.97. The number of hydrogen-bond donors (Lipinski definition) is 0. The Hall–Kier alpha value is -2.13. The first-order chi connectivity index (χ1) is 10.2. The van der Waals surface area contributed by atoms with E-state index in [1.54, 1.807) is 16.2 Å². The van der Waals surface area contributed by atoms with Gasteiger partial charge in [-0.15, -0.1) is 11.3 Å². The minimum absolute atomic E-state index is 0.153. The minimum atomic E-state index is 0.153. The zero-order chi connectivity index (χ0) is 14.7. The van der Waals surface area contributed by atoms with Gasteiger partial charge >= 0.3 is 0 Å². The smallest absolute Gasteiger partial charge is 0.227 e. The quantitative estimate of drug-likeness (QED) is 0.709. The summed E-state index contributed by atoms with van der Waals surface area (Å²) in [6.45, 7) is 0.682. The molecule has 0 aliphatic heterocycles. The van der Waals surface area contributed by atoms with Crippen molar-refractivity contribution in [2.24, 2.45) is 0 Å². The number of carbonyl (C=O) groups is 1. The van der Waals surface area contributed by atoms with E-state index in [0.29, 0.717) is 13.0 Å². The molecule has 0 N–H and O–H groups in total. The highest BCUT2D eigenvalue weighted by molar-refractivity contribution is 7.09. The van der Waals surface area contributed by atoms with Gasteiger partial charge in [0.05, 0.1) is 13.0 Å². The van der Waals surface area contributed by atoms with Crippen molar-refractivity contribution in [1.29, 1.82) is 0 Å². The summed E-state index contributed by atoms with van der Waals surface area (Å²) < 4.78 is 0. The van der Waals surface area contributed by atoms with Crippen molar-refractivity contribution < 1.29 is 4.79 Å². The van der Waals surface area contributed by atoms with Gasteiger partial charge in [-0.1, -0.05) is 48.5 Å². The van der Waals surface area contributed by atoms with E-state index in [4.69, 9.17) is 0 Å². The van der Waals surface area contributed by atoms with Crippen LogP contribution in [0.3, 0.4) is 0 Å². The molecule has 0 fully saturated rings. The van der Waals surface area contributed by atoms with Crippen LogP contribution in [0.15, 0.2) is 60.0 Å². The van der Waals surface area contributed by atoms with Crippen LogP contribution >= 0.6 is 11.3 Å². The maximum absolute atomic E-state index is 12.4. The third-order valence-corrected chi connectivity index (χ3v) is 4.48. The van der Waals surface area contributed by atoms with Crippen LogP contribution in [0.5, 0.6) is 0 Å². The molecule has 3 heteroatoms. The molecular formula is C18H17NOS. The van der Waals surface area contributed by atoms with Gasteiger partial charge in [0.15, 0.2) is 0 Å². The molecule has 0 aliphatic carbocycles. The normalized spacial score (nSPS) is 10.7. The Labute approximate surface area is 128 Å². The highest BCUT2D eigenvalue weighted by Crippen LogP contribution is 2.20. The van der Waals surface area contributed by atoms with Crippen LogP contribution in [0.1, 0.15) is 10.4 Å². The highest BCUT2D eigenvalue weighted by atomic mass is 32.1. The molecule has 0 atom stereocenters. The molecule has 3 rings (SSSR count). The molecule has 0 aliphatic rings. The van der Waals surface area contributed by atoms with E-state index in [2.05, 4.69) is 24.3 Å². The summed E-state index contributed by atoms with van der Waals surface area (Å²) in [7, 11) is 1.87. The number of fused-ring (bicyclic) bond motifs is 1. The topological polar surface area (TPSA) is 20.3 Å². The molecule has 2 aromatic carbocycles. The van der Waals surface area contributed by atoms with Crippen LogP contribution in [-0.2, 0) is 17.8 Å². The second kappa shape index (κ2) is 6.10. The monoisotopic (exact) mass is 295 g/mol. The van der Waals surface area contributed by atoms with Gasteiger partial charge in [0.2, 0.25) is 5.91 Å². The van der Waals surface area contributed by atoms with Gasteiger partial charge < -0.3 is 4.90 Å². The Morgan fingerprint density at radius 1 is 1.05 bits per heavy atom. The number of benzene rings is 2.